The molecule has 1 rings (SSSR count). The van der Waals surface area contributed by atoms with Gasteiger partial charge < -0.3 is 19.9 Å². The standard InChI is InChI=1S/C12H16N2O6/c1-12(13,11(15)19-3)7-20-10-6-8(14(16)17)4-5-9(10)18-2/h4-6H,7,13H2,1-3H3. The summed E-state index contributed by atoms with van der Waals surface area (Å²) >= 11 is 0. The minimum absolute atomic E-state index is 0.127. The SMILES string of the molecule is COC(=O)C(C)(N)COc1cc([N+](=O)[O-])ccc1OC. The van der Waals surface area contributed by atoms with Crippen molar-refractivity contribution in [3.63, 3.8) is 0 Å². The van der Waals surface area contributed by atoms with Gasteiger partial charge in [-0.25, -0.2) is 4.79 Å². The fraction of sp³-hybridized carbons (Fsp3) is 0.417. The highest BCUT2D eigenvalue weighted by Crippen LogP contribution is 2.31. The Morgan fingerprint density at radius 2 is 2.05 bits per heavy atom. The number of nitrogens with zero attached hydrogens (tertiary/aromatic N) is 1. The summed E-state index contributed by atoms with van der Waals surface area (Å²) in [4.78, 5) is 21.6. The molecule has 0 saturated heterocycles. The van der Waals surface area contributed by atoms with Gasteiger partial charge in [0.2, 0.25) is 0 Å². The Labute approximate surface area is 115 Å². The summed E-state index contributed by atoms with van der Waals surface area (Å²) in [6.07, 6.45) is 0. The van der Waals surface area contributed by atoms with Crippen LogP contribution < -0.4 is 15.2 Å². The fourth-order valence-electron chi connectivity index (χ4n) is 1.41. The number of carbonyl (C=O) groups is 1. The number of carbonyl (C=O) groups excluding carboxylic acids is 1. The normalized spacial score (nSPS) is 13.2. The van der Waals surface area contributed by atoms with E-state index in [2.05, 4.69) is 4.74 Å². The number of non-ortho nitro benzene ring substituents is 1. The van der Waals surface area contributed by atoms with Gasteiger partial charge in [0.05, 0.1) is 25.2 Å². The summed E-state index contributed by atoms with van der Waals surface area (Å²) in [6.45, 7) is 1.22. The Morgan fingerprint density at radius 1 is 1.40 bits per heavy atom. The van der Waals surface area contributed by atoms with Crippen molar-refractivity contribution in [3.8, 4) is 11.5 Å². The number of nitrogens with two attached hydrogens (primary N) is 1. The molecule has 0 heterocycles. The van der Waals surface area contributed by atoms with Crippen LogP contribution in [-0.2, 0) is 9.53 Å². The largest absolute Gasteiger partial charge is 0.493 e. The quantitative estimate of drug-likeness (QED) is 0.468. The van der Waals surface area contributed by atoms with Crippen LogP contribution in [0.3, 0.4) is 0 Å². The maximum absolute atomic E-state index is 11.4. The van der Waals surface area contributed by atoms with Crippen molar-refractivity contribution >= 4 is 11.7 Å². The monoisotopic (exact) mass is 284 g/mol. The van der Waals surface area contributed by atoms with E-state index in [-0.39, 0.29) is 18.0 Å². The average molecular weight is 284 g/mol. The molecule has 20 heavy (non-hydrogen) atoms. The van der Waals surface area contributed by atoms with Crippen molar-refractivity contribution in [1.82, 2.24) is 0 Å². The first-order valence-corrected chi connectivity index (χ1v) is 5.64. The van der Waals surface area contributed by atoms with Crippen LogP contribution in [0.1, 0.15) is 6.92 Å². The molecule has 1 unspecified atom stereocenters. The molecule has 0 spiro atoms. The van der Waals surface area contributed by atoms with E-state index in [9.17, 15) is 14.9 Å². The van der Waals surface area contributed by atoms with Gasteiger partial charge >= 0.3 is 5.97 Å². The molecule has 0 aliphatic heterocycles. The molecule has 0 radical (unpaired) electrons. The molecular formula is C12H16N2O6. The van der Waals surface area contributed by atoms with Gasteiger partial charge in [-0.3, -0.25) is 10.1 Å². The summed E-state index contributed by atoms with van der Waals surface area (Å²) in [5.74, 6) is -0.222. The summed E-state index contributed by atoms with van der Waals surface area (Å²) in [5.41, 5.74) is 4.21. The van der Waals surface area contributed by atoms with Crippen LogP contribution in [0.2, 0.25) is 0 Å². The van der Waals surface area contributed by atoms with Gasteiger partial charge in [0.15, 0.2) is 11.5 Å². The lowest BCUT2D eigenvalue weighted by Crippen LogP contribution is -2.50. The summed E-state index contributed by atoms with van der Waals surface area (Å²) in [6, 6.07) is 3.89. The first kappa shape index (κ1) is 15.7. The maximum Gasteiger partial charge on any atom is 0.329 e. The summed E-state index contributed by atoms with van der Waals surface area (Å²) in [7, 11) is 2.61. The molecule has 1 atom stereocenters. The number of esters is 1. The highest BCUT2D eigenvalue weighted by molar-refractivity contribution is 5.80. The first-order valence-electron chi connectivity index (χ1n) is 5.64. The Bertz CT molecular complexity index is 515. The van der Waals surface area contributed by atoms with Crippen LogP contribution in [-0.4, -0.2) is 37.3 Å². The van der Waals surface area contributed by atoms with E-state index in [1.165, 1.54) is 39.3 Å². The zero-order valence-corrected chi connectivity index (χ0v) is 11.4. The van der Waals surface area contributed by atoms with Crippen LogP contribution >= 0.6 is 0 Å². The Morgan fingerprint density at radius 3 is 2.55 bits per heavy atom. The lowest BCUT2D eigenvalue weighted by atomic mass is 10.1. The van der Waals surface area contributed by atoms with Gasteiger partial charge in [-0.15, -0.1) is 0 Å². The van der Waals surface area contributed by atoms with Crippen LogP contribution in [0.25, 0.3) is 0 Å². The Hall–Kier alpha value is -2.35. The minimum atomic E-state index is -1.37. The van der Waals surface area contributed by atoms with Crippen molar-refractivity contribution in [2.45, 2.75) is 12.5 Å². The van der Waals surface area contributed by atoms with Gasteiger partial charge in [-0.2, -0.15) is 0 Å². The maximum atomic E-state index is 11.4. The van der Waals surface area contributed by atoms with Crippen molar-refractivity contribution in [2.75, 3.05) is 20.8 Å². The van der Waals surface area contributed by atoms with Crippen LogP contribution in [0.5, 0.6) is 11.5 Å². The van der Waals surface area contributed by atoms with Gasteiger partial charge in [0.1, 0.15) is 12.1 Å². The zero-order chi connectivity index (χ0) is 15.3. The van der Waals surface area contributed by atoms with E-state index in [0.717, 1.165) is 0 Å². The number of hydrogen-bond donors (Lipinski definition) is 1. The molecule has 2 N–H and O–H groups in total. The van der Waals surface area contributed by atoms with Crippen molar-refractivity contribution in [3.05, 3.63) is 28.3 Å². The molecule has 110 valence electrons. The Kier molecular flexibility index (Phi) is 4.87. The molecule has 0 saturated carbocycles. The number of methoxy groups -OCH3 is 2. The van der Waals surface area contributed by atoms with E-state index in [1.807, 2.05) is 0 Å². The number of nitro groups is 1. The molecule has 1 aromatic rings. The van der Waals surface area contributed by atoms with Gasteiger partial charge in [0, 0.05) is 6.07 Å². The molecule has 0 bridgehead atoms. The smallest absolute Gasteiger partial charge is 0.329 e. The van der Waals surface area contributed by atoms with Crippen LogP contribution in [0.4, 0.5) is 5.69 Å². The highest BCUT2D eigenvalue weighted by Gasteiger charge is 2.31. The van der Waals surface area contributed by atoms with Crippen molar-refractivity contribution in [1.29, 1.82) is 0 Å². The van der Waals surface area contributed by atoms with Crippen LogP contribution in [0, 0.1) is 10.1 Å². The van der Waals surface area contributed by atoms with E-state index < -0.39 is 16.4 Å². The average Bonchev–Trinajstić information content (AvgIpc) is 2.43. The van der Waals surface area contributed by atoms with E-state index in [0.29, 0.717) is 5.75 Å². The highest BCUT2D eigenvalue weighted by atomic mass is 16.6. The summed E-state index contributed by atoms with van der Waals surface area (Å²) in [5, 5.41) is 10.7. The third-order valence-corrected chi connectivity index (χ3v) is 2.54. The second-order valence-electron chi connectivity index (χ2n) is 4.29. The number of ether oxygens (including phenoxy) is 3. The molecule has 0 amide bonds. The number of rotatable bonds is 6. The lowest BCUT2D eigenvalue weighted by Gasteiger charge is -2.22. The van der Waals surface area contributed by atoms with Gasteiger partial charge in [0.25, 0.3) is 5.69 Å². The second kappa shape index (κ2) is 6.20. The fourth-order valence-corrected chi connectivity index (χ4v) is 1.41. The molecule has 0 aliphatic rings. The third kappa shape index (κ3) is 3.58. The molecule has 0 fully saturated rings. The van der Waals surface area contributed by atoms with E-state index in [4.69, 9.17) is 15.2 Å². The number of hydrogen-bond acceptors (Lipinski definition) is 7. The topological polar surface area (TPSA) is 114 Å². The zero-order valence-electron chi connectivity index (χ0n) is 11.4. The number of nitro benzene ring substituents is 1. The molecule has 0 aromatic heterocycles. The first-order chi connectivity index (χ1) is 9.31. The van der Waals surface area contributed by atoms with Crippen molar-refractivity contribution < 1.29 is 23.9 Å². The summed E-state index contributed by atoms with van der Waals surface area (Å²) < 4.78 is 14.9. The van der Waals surface area contributed by atoms with Crippen LogP contribution in [0.15, 0.2) is 18.2 Å². The Balaban J connectivity index is 2.93. The molecule has 8 nitrogen and oxygen atoms in total. The molecule has 0 aliphatic carbocycles. The predicted molar refractivity (Wildman–Crippen MR) is 69.8 cm³/mol. The van der Waals surface area contributed by atoms with Gasteiger partial charge in [-0.05, 0) is 13.0 Å². The molecular weight excluding hydrogens is 268 g/mol. The molecule has 8 heteroatoms. The second-order valence-corrected chi connectivity index (χ2v) is 4.29. The lowest BCUT2D eigenvalue weighted by molar-refractivity contribution is -0.385. The predicted octanol–water partition coefficient (Wildman–Crippen LogP) is 0.873. The van der Waals surface area contributed by atoms with Crippen molar-refractivity contribution in [2.24, 2.45) is 5.73 Å². The molecule has 1 aromatic carbocycles. The van der Waals surface area contributed by atoms with E-state index in [1.54, 1.807) is 0 Å². The minimum Gasteiger partial charge on any atom is -0.493 e. The van der Waals surface area contributed by atoms with E-state index >= 15 is 0 Å². The number of benzene rings is 1. The third-order valence-electron chi connectivity index (χ3n) is 2.54. The van der Waals surface area contributed by atoms with Gasteiger partial charge in [-0.1, -0.05) is 0 Å².